The van der Waals surface area contributed by atoms with Crippen LogP contribution in [0, 0.1) is 18.8 Å². The molecule has 0 spiro atoms. The average Bonchev–Trinajstić information content (AvgIpc) is 2.59. The molecule has 136 valence electrons. The van der Waals surface area contributed by atoms with E-state index < -0.39 is 21.1 Å². The smallest absolute Gasteiger partial charge is 0.322 e. The van der Waals surface area contributed by atoms with Crippen LogP contribution in [0.2, 0.25) is 5.02 Å². The molecule has 0 radical (unpaired) electrons. The van der Waals surface area contributed by atoms with Crippen molar-refractivity contribution >= 4 is 27.4 Å². The molecule has 0 aliphatic carbocycles. The Balaban J connectivity index is 2.04. The summed E-state index contributed by atoms with van der Waals surface area (Å²) in [4.78, 5) is 11.5. The summed E-state index contributed by atoms with van der Waals surface area (Å²) in [5.41, 5.74) is 1.60. The van der Waals surface area contributed by atoms with Crippen LogP contribution in [-0.4, -0.2) is 24.7 Å². The molecule has 2 aromatic rings. The second-order valence-corrected chi connectivity index (χ2v) is 8.40. The molecule has 1 unspecified atom stereocenters. The van der Waals surface area contributed by atoms with E-state index in [9.17, 15) is 18.3 Å². The zero-order valence-corrected chi connectivity index (χ0v) is 15.8. The predicted molar refractivity (Wildman–Crippen MR) is 102 cm³/mol. The molecule has 26 heavy (non-hydrogen) atoms. The molecule has 0 bridgehead atoms. The SMILES string of the molecule is Cc1ccc(S(=O)(=O)C(CCCC#Cc2ccccc2Cl)C(=O)O)cc1. The second-order valence-electron chi connectivity index (χ2n) is 5.86. The molecule has 1 N–H and O–H groups in total. The van der Waals surface area contributed by atoms with Crippen molar-refractivity contribution in [1.29, 1.82) is 0 Å². The molecule has 4 nitrogen and oxygen atoms in total. The largest absolute Gasteiger partial charge is 0.480 e. The van der Waals surface area contributed by atoms with Gasteiger partial charge in [-0.1, -0.05) is 53.3 Å². The highest BCUT2D eigenvalue weighted by Crippen LogP contribution is 2.21. The number of aliphatic carboxylic acids is 1. The van der Waals surface area contributed by atoms with Gasteiger partial charge < -0.3 is 5.11 Å². The minimum absolute atomic E-state index is 0.00272. The Hall–Kier alpha value is -2.29. The molecule has 0 saturated heterocycles. The third-order valence-corrected chi connectivity index (χ3v) is 6.31. The van der Waals surface area contributed by atoms with Crippen LogP contribution in [0.15, 0.2) is 53.4 Å². The fourth-order valence-corrected chi connectivity index (χ4v) is 4.17. The van der Waals surface area contributed by atoms with Gasteiger partial charge >= 0.3 is 5.97 Å². The number of benzene rings is 2. The number of hydrogen-bond acceptors (Lipinski definition) is 3. The lowest BCUT2D eigenvalue weighted by Gasteiger charge is -2.13. The zero-order valence-electron chi connectivity index (χ0n) is 14.3. The summed E-state index contributed by atoms with van der Waals surface area (Å²) in [6.45, 7) is 1.84. The van der Waals surface area contributed by atoms with Crippen LogP contribution in [-0.2, 0) is 14.6 Å². The zero-order chi connectivity index (χ0) is 19.2. The minimum atomic E-state index is -3.93. The molecule has 2 rings (SSSR count). The Bertz CT molecular complexity index is 938. The van der Waals surface area contributed by atoms with Crippen LogP contribution in [0.4, 0.5) is 0 Å². The standard InChI is InChI=1S/C20H19ClO4S/c1-15-11-13-17(14-12-15)26(24,25)19(20(22)23)10-4-2-3-7-16-8-5-6-9-18(16)21/h5-6,8-9,11-14,19H,2,4,10H2,1H3,(H,22,23). The summed E-state index contributed by atoms with van der Waals surface area (Å²) < 4.78 is 25.2. The summed E-state index contributed by atoms with van der Waals surface area (Å²) in [6.07, 6.45) is 0.751. The molecule has 2 aromatic carbocycles. The number of carbonyl (C=O) groups is 1. The fourth-order valence-electron chi connectivity index (χ4n) is 2.40. The van der Waals surface area contributed by atoms with E-state index in [1.165, 1.54) is 12.1 Å². The molecule has 0 heterocycles. The molecule has 0 saturated carbocycles. The van der Waals surface area contributed by atoms with Gasteiger partial charge in [0.1, 0.15) is 0 Å². The van der Waals surface area contributed by atoms with Crippen LogP contribution in [0.25, 0.3) is 0 Å². The summed E-state index contributed by atoms with van der Waals surface area (Å²) in [6, 6.07) is 13.3. The van der Waals surface area contributed by atoms with Gasteiger partial charge in [-0.2, -0.15) is 0 Å². The van der Waals surface area contributed by atoms with Crippen molar-refractivity contribution in [1.82, 2.24) is 0 Å². The van der Waals surface area contributed by atoms with Crippen LogP contribution < -0.4 is 0 Å². The van der Waals surface area contributed by atoms with Crippen molar-refractivity contribution in [2.45, 2.75) is 36.3 Å². The highest BCUT2D eigenvalue weighted by molar-refractivity contribution is 7.92. The first kappa shape index (κ1) is 20.0. The van der Waals surface area contributed by atoms with Crippen molar-refractivity contribution in [3.63, 3.8) is 0 Å². The van der Waals surface area contributed by atoms with Gasteiger partial charge in [0.05, 0.1) is 9.92 Å². The first-order chi connectivity index (χ1) is 12.3. The number of aryl methyl sites for hydroxylation is 1. The molecule has 1 atom stereocenters. The Labute approximate surface area is 158 Å². The van der Waals surface area contributed by atoms with Crippen molar-refractivity contribution in [3.05, 3.63) is 64.7 Å². The van der Waals surface area contributed by atoms with Gasteiger partial charge in [-0.25, -0.2) is 8.42 Å². The number of hydrogen-bond donors (Lipinski definition) is 1. The van der Waals surface area contributed by atoms with E-state index in [0.29, 0.717) is 23.4 Å². The molecule has 6 heteroatoms. The molecule has 0 amide bonds. The van der Waals surface area contributed by atoms with Gasteiger partial charge in [0.15, 0.2) is 15.1 Å². The minimum Gasteiger partial charge on any atom is -0.480 e. The number of carboxylic acids is 1. The summed E-state index contributed by atoms with van der Waals surface area (Å²) in [5.74, 6) is 4.48. The lowest BCUT2D eigenvalue weighted by Crippen LogP contribution is -2.30. The lowest BCUT2D eigenvalue weighted by atomic mass is 10.1. The van der Waals surface area contributed by atoms with E-state index in [0.717, 1.165) is 5.56 Å². The Morgan fingerprint density at radius 3 is 2.42 bits per heavy atom. The van der Waals surface area contributed by atoms with Gasteiger partial charge in [-0.3, -0.25) is 4.79 Å². The number of halogens is 1. The van der Waals surface area contributed by atoms with Gasteiger partial charge in [-0.15, -0.1) is 0 Å². The predicted octanol–water partition coefficient (Wildman–Crippen LogP) is 4.10. The molecule has 0 aliphatic heterocycles. The van der Waals surface area contributed by atoms with Gasteiger partial charge in [0.2, 0.25) is 0 Å². The molecular formula is C20H19ClO4S. The second kappa shape index (κ2) is 8.88. The van der Waals surface area contributed by atoms with Crippen molar-refractivity contribution < 1.29 is 18.3 Å². The van der Waals surface area contributed by atoms with Crippen molar-refractivity contribution in [2.75, 3.05) is 0 Å². The van der Waals surface area contributed by atoms with Gasteiger partial charge in [0, 0.05) is 12.0 Å². The quantitative estimate of drug-likeness (QED) is 0.595. The Kier molecular flexibility index (Phi) is 6.84. The summed E-state index contributed by atoms with van der Waals surface area (Å²) in [7, 11) is -3.93. The first-order valence-corrected chi connectivity index (χ1v) is 10.0. The molecule has 0 aromatic heterocycles. The fraction of sp³-hybridized carbons (Fsp3) is 0.250. The van der Waals surface area contributed by atoms with E-state index in [4.69, 9.17) is 11.6 Å². The van der Waals surface area contributed by atoms with Crippen molar-refractivity contribution in [2.24, 2.45) is 0 Å². The maximum atomic E-state index is 12.6. The van der Waals surface area contributed by atoms with E-state index >= 15 is 0 Å². The van der Waals surface area contributed by atoms with E-state index in [-0.39, 0.29) is 11.3 Å². The third-order valence-electron chi connectivity index (χ3n) is 3.86. The number of carboxylic acid groups (broad SMARTS) is 1. The van der Waals surface area contributed by atoms with Crippen LogP contribution >= 0.6 is 11.6 Å². The highest BCUT2D eigenvalue weighted by atomic mass is 35.5. The van der Waals surface area contributed by atoms with E-state index in [1.807, 2.05) is 13.0 Å². The van der Waals surface area contributed by atoms with E-state index in [1.54, 1.807) is 30.3 Å². The highest BCUT2D eigenvalue weighted by Gasteiger charge is 2.33. The van der Waals surface area contributed by atoms with Gasteiger partial charge in [0.25, 0.3) is 0 Å². The lowest BCUT2D eigenvalue weighted by molar-refractivity contribution is -0.136. The molecule has 0 fully saturated rings. The maximum Gasteiger partial charge on any atom is 0.322 e. The van der Waals surface area contributed by atoms with Gasteiger partial charge in [-0.05, 0) is 44.0 Å². The number of unbranched alkanes of at least 4 members (excludes halogenated alkanes) is 1. The average molecular weight is 391 g/mol. The van der Waals surface area contributed by atoms with Crippen LogP contribution in [0.5, 0.6) is 0 Å². The number of rotatable bonds is 6. The van der Waals surface area contributed by atoms with Crippen molar-refractivity contribution in [3.8, 4) is 11.8 Å². The first-order valence-electron chi connectivity index (χ1n) is 8.09. The number of sulfone groups is 1. The topological polar surface area (TPSA) is 71.4 Å². The van der Waals surface area contributed by atoms with E-state index in [2.05, 4.69) is 11.8 Å². The third kappa shape index (κ3) is 5.10. The molecular weight excluding hydrogens is 372 g/mol. The monoisotopic (exact) mass is 390 g/mol. The van der Waals surface area contributed by atoms with Crippen LogP contribution in [0.1, 0.15) is 30.4 Å². The Morgan fingerprint density at radius 1 is 1.15 bits per heavy atom. The molecule has 0 aliphatic rings. The Morgan fingerprint density at radius 2 is 1.81 bits per heavy atom. The normalized spacial score (nSPS) is 12.1. The summed E-state index contributed by atoms with van der Waals surface area (Å²) >= 11 is 6.01. The maximum absolute atomic E-state index is 12.6. The van der Waals surface area contributed by atoms with Crippen LogP contribution in [0.3, 0.4) is 0 Å². The summed E-state index contributed by atoms with van der Waals surface area (Å²) in [5, 5.41) is 8.43.